The van der Waals surface area contributed by atoms with Gasteiger partial charge in [-0.1, -0.05) is 18.2 Å². The van der Waals surface area contributed by atoms with Crippen LogP contribution in [0.1, 0.15) is 32.7 Å². The van der Waals surface area contributed by atoms with E-state index in [1.54, 1.807) is 42.7 Å². The SMILES string of the molecule is Cc1cc(C(=O)NCc2ccc(S(=O)(=O)Nc3ccc(C)c4c(C#N)c[nH]c34)cc2)ncc1Br. The number of hydrogen-bond acceptors (Lipinski definition) is 5. The van der Waals surface area contributed by atoms with E-state index in [0.717, 1.165) is 21.2 Å². The number of aromatic nitrogens is 2. The van der Waals surface area contributed by atoms with Crippen LogP contribution in [0.5, 0.6) is 0 Å². The molecule has 10 heteroatoms. The third-order valence-electron chi connectivity index (χ3n) is 5.37. The highest BCUT2D eigenvalue weighted by molar-refractivity contribution is 9.10. The number of nitrogens with one attached hydrogen (secondary N) is 3. The zero-order chi connectivity index (χ0) is 24.5. The third-order valence-corrected chi connectivity index (χ3v) is 7.59. The lowest BCUT2D eigenvalue weighted by atomic mass is 10.1. The largest absolute Gasteiger partial charge is 0.358 e. The van der Waals surface area contributed by atoms with Crippen molar-refractivity contribution in [1.29, 1.82) is 5.26 Å². The Balaban J connectivity index is 1.48. The number of benzene rings is 2. The molecule has 0 saturated carbocycles. The summed E-state index contributed by atoms with van der Waals surface area (Å²) in [5, 5.41) is 12.8. The highest BCUT2D eigenvalue weighted by Gasteiger charge is 2.18. The van der Waals surface area contributed by atoms with Gasteiger partial charge in [0.25, 0.3) is 15.9 Å². The maximum atomic E-state index is 13.0. The molecule has 0 radical (unpaired) electrons. The summed E-state index contributed by atoms with van der Waals surface area (Å²) in [7, 11) is -3.87. The number of anilines is 1. The standard InChI is InChI=1S/C24H20BrN5O3S/c1-14-3-8-20(23-22(14)17(10-26)12-28-23)30-34(32,33)18-6-4-16(5-7-18)11-29-24(31)21-9-15(2)19(25)13-27-21/h3-9,12-13,28,30H,11H2,1-2H3,(H,29,31). The van der Waals surface area contributed by atoms with Crippen molar-refractivity contribution in [3.63, 3.8) is 0 Å². The molecule has 3 N–H and O–H groups in total. The van der Waals surface area contributed by atoms with E-state index in [1.165, 1.54) is 12.1 Å². The van der Waals surface area contributed by atoms with Crippen molar-refractivity contribution in [2.75, 3.05) is 4.72 Å². The Morgan fingerprint density at radius 2 is 1.88 bits per heavy atom. The molecule has 172 valence electrons. The van der Waals surface area contributed by atoms with Gasteiger partial charge >= 0.3 is 0 Å². The number of sulfonamides is 1. The fourth-order valence-corrected chi connectivity index (χ4v) is 4.81. The van der Waals surface area contributed by atoms with Crippen LogP contribution in [0.4, 0.5) is 5.69 Å². The maximum absolute atomic E-state index is 13.0. The second kappa shape index (κ2) is 9.29. The molecule has 0 atom stereocenters. The van der Waals surface area contributed by atoms with Gasteiger partial charge in [0.1, 0.15) is 11.8 Å². The topological polar surface area (TPSA) is 128 Å². The molecule has 0 aliphatic carbocycles. The minimum Gasteiger partial charge on any atom is -0.358 e. The maximum Gasteiger partial charge on any atom is 0.270 e. The van der Waals surface area contributed by atoms with E-state index in [9.17, 15) is 18.5 Å². The van der Waals surface area contributed by atoms with E-state index in [-0.39, 0.29) is 17.3 Å². The number of amides is 1. The highest BCUT2D eigenvalue weighted by atomic mass is 79.9. The molecule has 2 heterocycles. The van der Waals surface area contributed by atoms with Crippen LogP contribution >= 0.6 is 15.9 Å². The normalized spacial score (nSPS) is 11.2. The molecule has 0 aliphatic rings. The molecular formula is C24H20BrN5O3S. The van der Waals surface area contributed by atoms with Crippen LogP contribution in [0, 0.1) is 25.2 Å². The van der Waals surface area contributed by atoms with Gasteiger partial charge in [0.05, 0.1) is 21.7 Å². The van der Waals surface area contributed by atoms with Gasteiger partial charge in [0.15, 0.2) is 0 Å². The lowest BCUT2D eigenvalue weighted by Gasteiger charge is -2.11. The van der Waals surface area contributed by atoms with Gasteiger partial charge in [-0.2, -0.15) is 5.26 Å². The first kappa shape index (κ1) is 23.5. The van der Waals surface area contributed by atoms with Gasteiger partial charge in [-0.25, -0.2) is 13.4 Å². The summed E-state index contributed by atoms with van der Waals surface area (Å²) in [6, 6.07) is 13.5. The van der Waals surface area contributed by atoms with E-state index in [1.807, 2.05) is 13.8 Å². The first-order chi connectivity index (χ1) is 16.2. The summed E-state index contributed by atoms with van der Waals surface area (Å²) in [4.78, 5) is 19.5. The number of aryl methyl sites for hydroxylation is 2. The van der Waals surface area contributed by atoms with Crippen molar-refractivity contribution in [3.05, 3.63) is 87.3 Å². The van der Waals surface area contributed by atoms with Crippen LogP contribution in [-0.2, 0) is 16.6 Å². The number of nitrogens with zero attached hydrogens (tertiary/aromatic N) is 2. The van der Waals surface area contributed by atoms with Crippen molar-refractivity contribution in [2.45, 2.75) is 25.3 Å². The number of halogens is 1. The molecule has 2 aromatic carbocycles. The van der Waals surface area contributed by atoms with Crippen molar-refractivity contribution in [2.24, 2.45) is 0 Å². The van der Waals surface area contributed by atoms with Crippen molar-refractivity contribution in [1.82, 2.24) is 15.3 Å². The molecule has 34 heavy (non-hydrogen) atoms. The van der Waals surface area contributed by atoms with Crippen molar-refractivity contribution in [3.8, 4) is 6.07 Å². The molecule has 0 aliphatic heterocycles. The molecule has 0 saturated heterocycles. The fourth-order valence-electron chi connectivity index (χ4n) is 3.52. The summed E-state index contributed by atoms with van der Waals surface area (Å²) in [5.41, 5.74) is 4.17. The number of rotatable bonds is 6. The molecule has 2 aromatic heterocycles. The summed E-state index contributed by atoms with van der Waals surface area (Å²) in [5.74, 6) is -0.319. The Morgan fingerprint density at radius 1 is 1.15 bits per heavy atom. The van der Waals surface area contributed by atoms with Crippen molar-refractivity contribution >= 4 is 48.5 Å². The predicted octanol–water partition coefficient (Wildman–Crippen LogP) is 4.54. The molecule has 1 amide bonds. The lowest BCUT2D eigenvalue weighted by molar-refractivity contribution is 0.0945. The number of aromatic amines is 1. The van der Waals surface area contributed by atoms with Crippen molar-refractivity contribution < 1.29 is 13.2 Å². The quantitative estimate of drug-likeness (QED) is 0.332. The average molecular weight is 538 g/mol. The number of nitriles is 1. The van der Waals surface area contributed by atoms with Crippen LogP contribution in [0.2, 0.25) is 0 Å². The Morgan fingerprint density at radius 3 is 2.56 bits per heavy atom. The number of carbonyl (C=O) groups excluding carboxylic acids is 1. The average Bonchev–Trinajstić information content (AvgIpc) is 3.27. The number of H-pyrrole nitrogens is 1. The molecule has 0 bridgehead atoms. The molecule has 4 rings (SSSR count). The zero-order valence-corrected chi connectivity index (χ0v) is 20.7. The fraction of sp³-hybridized carbons (Fsp3) is 0.125. The molecule has 0 unspecified atom stereocenters. The van der Waals surface area contributed by atoms with E-state index in [0.29, 0.717) is 27.8 Å². The first-order valence-electron chi connectivity index (χ1n) is 10.2. The smallest absolute Gasteiger partial charge is 0.270 e. The van der Waals surface area contributed by atoms with Gasteiger partial charge in [-0.15, -0.1) is 0 Å². The van der Waals surface area contributed by atoms with E-state index in [2.05, 4.69) is 42.0 Å². The summed E-state index contributed by atoms with van der Waals surface area (Å²) in [6.07, 6.45) is 3.14. The van der Waals surface area contributed by atoms with Gasteiger partial charge in [0.2, 0.25) is 0 Å². The molecule has 4 aromatic rings. The Labute approximate surface area is 205 Å². The summed E-state index contributed by atoms with van der Waals surface area (Å²) in [6.45, 7) is 3.96. The minimum absolute atomic E-state index is 0.0774. The molecule has 0 spiro atoms. The Hall–Kier alpha value is -3.68. The van der Waals surface area contributed by atoms with Crippen LogP contribution in [-0.4, -0.2) is 24.3 Å². The van der Waals surface area contributed by atoms with Crippen LogP contribution < -0.4 is 10.0 Å². The van der Waals surface area contributed by atoms with Crippen LogP contribution in [0.25, 0.3) is 10.9 Å². The number of pyridine rings is 1. The summed E-state index contributed by atoms with van der Waals surface area (Å²) < 4.78 is 29.3. The minimum atomic E-state index is -3.87. The number of hydrogen-bond donors (Lipinski definition) is 3. The number of fused-ring (bicyclic) bond motifs is 1. The summed E-state index contributed by atoms with van der Waals surface area (Å²) >= 11 is 3.35. The van der Waals surface area contributed by atoms with Gasteiger partial charge in [0, 0.05) is 28.8 Å². The number of carbonyl (C=O) groups is 1. The zero-order valence-electron chi connectivity index (χ0n) is 18.3. The van der Waals surface area contributed by atoms with E-state index < -0.39 is 10.0 Å². The van der Waals surface area contributed by atoms with Crippen LogP contribution in [0.15, 0.2) is 64.2 Å². The van der Waals surface area contributed by atoms with Gasteiger partial charge in [-0.05, 0) is 70.7 Å². The molecular weight excluding hydrogens is 518 g/mol. The monoisotopic (exact) mass is 537 g/mol. The van der Waals surface area contributed by atoms with Crippen LogP contribution in [0.3, 0.4) is 0 Å². The second-order valence-electron chi connectivity index (χ2n) is 7.75. The molecule has 8 nitrogen and oxygen atoms in total. The predicted molar refractivity (Wildman–Crippen MR) is 133 cm³/mol. The van der Waals surface area contributed by atoms with E-state index >= 15 is 0 Å². The van der Waals surface area contributed by atoms with Gasteiger partial charge in [-0.3, -0.25) is 9.52 Å². The highest BCUT2D eigenvalue weighted by Crippen LogP contribution is 2.30. The third kappa shape index (κ3) is 4.66. The Bertz CT molecular complexity index is 1550. The van der Waals surface area contributed by atoms with Gasteiger partial charge < -0.3 is 10.3 Å². The second-order valence-corrected chi connectivity index (χ2v) is 10.3. The first-order valence-corrected chi connectivity index (χ1v) is 12.5. The lowest BCUT2D eigenvalue weighted by Crippen LogP contribution is -2.24. The molecule has 0 fully saturated rings. The van der Waals surface area contributed by atoms with E-state index in [4.69, 9.17) is 0 Å². The Kier molecular flexibility index (Phi) is 6.41.